The molecule has 0 aliphatic rings. The van der Waals surface area contributed by atoms with Gasteiger partial charge in [-0.1, -0.05) is 79.7 Å². The Morgan fingerprint density at radius 1 is 0.941 bits per heavy atom. The number of amides is 1. The molecular weight excluding hydrogens is 422 g/mol. The van der Waals surface area contributed by atoms with Crippen LogP contribution in [0, 0.1) is 13.8 Å². The van der Waals surface area contributed by atoms with E-state index in [1.54, 1.807) is 54.7 Å². The van der Waals surface area contributed by atoms with Gasteiger partial charge in [-0.25, -0.2) is 5.43 Å². The van der Waals surface area contributed by atoms with E-state index >= 15 is 0 Å². The molecular formula is C29H29N3O2. The molecule has 1 heterocycles. The number of nitrogens with zero attached hydrogens (tertiary/aromatic N) is 2. The molecule has 0 spiro atoms. The first-order valence-corrected chi connectivity index (χ1v) is 11.4. The van der Waals surface area contributed by atoms with Crippen LogP contribution >= 0.6 is 0 Å². The summed E-state index contributed by atoms with van der Waals surface area (Å²) in [4.78, 5) is 13.2. The van der Waals surface area contributed by atoms with Crippen molar-refractivity contribution >= 4 is 12.1 Å². The van der Waals surface area contributed by atoms with E-state index in [0.29, 0.717) is 11.1 Å². The summed E-state index contributed by atoms with van der Waals surface area (Å²) >= 11 is 0. The van der Waals surface area contributed by atoms with Crippen LogP contribution in [0.25, 0.3) is 5.69 Å². The second-order valence-corrected chi connectivity index (χ2v) is 8.32. The second-order valence-electron chi connectivity index (χ2n) is 8.32. The number of aryl methyl sites for hydroxylation is 2. The second kappa shape index (κ2) is 9.89. The molecule has 0 fully saturated rings. The molecule has 0 aliphatic heterocycles. The van der Waals surface area contributed by atoms with E-state index in [0.717, 1.165) is 29.1 Å². The van der Waals surface area contributed by atoms with Crippen molar-refractivity contribution in [2.75, 3.05) is 0 Å². The van der Waals surface area contributed by atoms with E-state index in [4.69, 9.17) is 0 Å². The Balaban J connectivity index is 1.59. The van der Waals surface area contributed by atoms with Crippen LogP contribution in [0.4, 0.5) is 0 Å². The zero-order chi connectivity index (χ0) is 24.1. The highest BCUT2D eigenvalue weighted by molar-refractivity contribution is 5.91. The standard InChI is InChI=1S/C29H29N3O2/c1-4-23-15-17-27(18-16-23)32-21(2)19-24(22(32)3)20-30-31-28(33)29(34,25-11-7-5-8-12-25)26-13-9-6-10-14-26/h5-20,34H,4H2,1-3H3,(H,31,33)/b30-20-. The lowest BCUT2D eigenvalue weighted by molar-refractivity contribution is -0.136. The van der Waals surface area contributed by atoms with E-state index in [9.17, 15) is 9.90 Å². The largest absolute Gasteiger partial charge is 0.372 e. The van der Waals surface area contributed by atoms with Gasteiger partial charge >= 0.3 is 0 Å². The summed E-state index contributed by atoms with van der Waals surface area (Å²) in [5.74, 6) is -0.620. The van der Waals surface area contributed by atoms with Crippen molar-refractivity contribution in [1.29, 1.82) is 0 Å². The van der Waals surface area contributed by atoms with Crippen LogP contribution in [0.3, 0.4) is 0 Å². The minimum absolute atomic E-state index is 0.475. The number of aliphatic hydroxyl groups is 1. The molecule has 0 atom stereocenters. The summed E-state index contributed by atoms with van der Waals surface area (Å²) < 4.78 is 2.16. The van der Waals surface area contributed by atoms with Crippen LogP contribution in [0.2, 0.25) is 0 Å². The van der Waals surface area contributed by atoms with Crippen molar-refractivity contribution in [3.8, 4) is 5.69 Å². The number of hydrazone groups is 1. The molecule has 4 rings (SSSR count). The number of hydrogen-bond acceptors (Lipinski definition) is 3. The fourth-order valence-electron chi connectivity index (χ4n) is 4.23. The fraction of sp³-hybridized carbons (Fsp3) is 0.172. The van der Waals surface area contributed by atoms with Crippen molar-refractivity contribution in [3.63, 3.8) is 0 Å². The third-order valence-electron chi connectivity index (χ3n) is 6.15. The highest BCUT2D eigenvalue weighted by Crippen LogP contribution is 2.30. The van der Waals surface area contributed by atoms with E-state index < -0.39 is 11.5 Å². The molecule has 2 N–H and O–H groups in total. The first-order chi connectivity index (χ1) is 16.4. The van der Waals surface area contributed by atoms with Crippen molar-refractivity contribution in [3.05, 3.63) is 125 Å². The van der Waals surface area contributed by atoms with Crippen molar-refractivity contribution in [1.82, 2.24) is 9.99 Å². The average Bonchev–Trinajstić information content (AvgIpc) is 3.17. The lowest BCUT2D eigenvalue weighted by atomic mass is 9.85. The number of rotatable bonds is 7. The van der Waals surface area contributed by atoms with Crippen molar-refractivity contribution < 1.29 is 9.90 Å². The van der Waals surface area contributed by atoms with Crippen LogP contribution in [0.1, 0.15) is 40.6 Å². The van der Waals surface area contributed by atoms with Crippen LogP contribution in [0.15, 0.2) is 96.1 Å². The highest BCUT2D eigenvalue weighted by Gasteiger charge is 2.39. The van der Waals surface area contributed by atoms with Gasteiger partial charge in [0, 0.05) is 22.6 Å². The van der Waals surface area contributed by atoms with Gasteiger partial charge < -0.3 is 9.67 Å². The lowest BCUT2D eigenvalue weighted by Gasteiger charge is -2.27. The summed E-state index contributed by atoms with van der Waals surface area (Å²) in [5, 5.41) is 15.7. The molecule has 3 aromatic carbocycles. The van der Waals surface area contributed by atoms with Gasteiger partial charge in [0.1, 0.15) is 0 Å². The van der Waals surface area contributed by atoms with Crippen LogP contribution in [0.5, 0.6) is 0 Å². The first-order valence-electron chi connectivity index (χ1n) is 11.4. The number of hydrogen-bond donors (Lipinski definition) is 2. The summed E-state index contributed by atoms with van der Waals surface area (Å²) in [5.41, 5.74) is 6.98. The van der Waals surface area contributed by atoms with Crippen molar-refractivity contribution in [2.45, 2.75) is 32.8 Å². The van der Waals surface area contributed by atoms with Gasteiger partial charge in [-0.05, 0) is 55.2 Å². The quantitative estimate of drug-likeness (QED) is 0.305. The zero-order valence-electron chi connectivity index (χ0n) is 19.7. The van der Waals surface area contributed by atoms with Crippen LogP contribution < -0.4 is 5.43 Å². The molecule has 34 heavy (non-hydrogen) atoms. The van der Waals surface area contributed by atoms with Gasteiger partial charge in [-0.3, -0.25) is 4.79 Å². The van der Waals surface area contributed by atoms with Gasteiger partial charge in [-0.15, -0.1) is 0 Å². The molecule has 1 amide bonds. The molecule has 1 aromatic heterocycles. The Hall–Kier alpha value is -3.96. The summed E-state index contributed by atoms with van der Waals surface area (Å²) in [6.45, 7) is 6.20. The minimum atomic E-state index is -1.86. The number of carbonyl (C=O) groups is 1. The van der Waals surface area contributed by atoms with E-state index in [1.165, 1.54) is 5.56 Å². The third kappa shape index (κ3) is 4.43. The Morgan fingerprint density at radius 3 is 2.03 bits per heavy atom. The third-order valence-corrected chi connectivity index (χ3v) is 6.15. The highest BCUT2D eigenvalue weighted by atomic mass is 16.3. The fourth-order valence-corrected chi connectivity index (χ4v) is 4.23. The lowest BCUT2D eigenvalue weighted by Crippen LogP contribution is -2.43. The van der Waals surface area contributed by atoms with Gasteiger partial charge in [0.05, 0.1) is 6.21 Å². The van der Waals surface area contributed by atoms with E-state index in [1.807, 2.05) is 32.0 Å². The number of nitrogens with one attached hydrogen (secondary N) is 1. The van der Waals surface area contributed by atoms with Gasteiger partial charge in [0.2, 0.25) is 0 Å². The normalized spacial score (nSPS) is 11.6. The molecule has 0 unspecified atom stereocenters. The number of aromatic nitrogens is 1. The predicted octanol–water partition coefficient (Wildman–Crippen LogP) is 5.04. The van der Waals surface area contributed by atoms with Crippen molar-refractivity contribution in [2.24, 2.45) is 5.10 Å². The summed E-state index contributed by atoms with van der Waals surface area (Å²) in [6.07, 6.45) is 2.62. The molecule has 5 heteroatoms. The summed E-state index contributed by atoms with van der Waals surface area (Å²) in [6, 6.07) is 28.3. The summed E-state index contributed by atoms with van der Waals surface area (Å²) in [7, 11) is 0. The maximum Gasteiger partial charge on any atom is 0.281 e. The molecule has 0 radical (unpaired) electrons. The molecule has 0 bridgehead atoms. The van der Waals surface area contributed by atoms with Gasteiger partial charge in [0.25, 0.3) is 5.91 Å². The van der Waals surface area contributed by atoms with Gasteiger partial charge in [-0.2, -0.15) is 5.10 Å². The molecule has 0 saturated heterocycles. The maximum absolute atomic E-state index is 13.2. The molecule has 0 aliphatic carbocycles. The Labute approximate surface area is 200 Å². The number of benzene rings is 3. The molecule has 5 nitrogen and oxygen atoms in total. The number of carbonyl (C=O) groups excluding carboxylic acids is 1. The molecule has 172 valence electrons. The van der Waals surface area contributed by atoms with Crippen LogP contribution in [-0.2, 0) is 16.8 Å². The Kier molecular flexibility index (Phi) is 6.75. The van der Waals surface area contributed by atoms with Gasteiger partial charge in [0.15, 0.2) is 5.60 Å². The van der Waals surface area contributed by atoms with Crippen LogP contribution in [-0.4, -0.2) is 21.8 Å². The first kappa shape index (κ1) is 23.2. The average molecular weight is 452 g/mol. The zero-order valence-corrected chi connectivity index (χ0v) is 19.7. The topological polar surface area (TPSA) is 66.6 Å². The molecule has 0 saturated carbocycles. The van der Waals surface area contributed by atoms with E-state index in [-0.39, 0.29) is 0 Å². The molecule has 4 aromatic rings. The Morgan fingerprint density at radius 2 is 1.50 bits per heavy atom. The predicted molar refractivity (Wildman–Crippen MR) is 136 cm³/mol. The SMILES string of the molecule is CCc1ccc(-n2c(C)cc(/C=N\NC(=O)C(O)(c3ccccc3)c3ccccc3)c2C)cc1. The van der Waals surface area contributed by atoms with E-state index in [2.05, 4.69) is 46.3 Å². The smallest absolute Gasteiger partial charge is 0.281 e. The minimum Gasteiger partial charge on any atom is -0.372 e. The maximum atomic E-state index is 13.2. The Bertz CT molecular complexity index is 1250. The monoisotopic (exact) mass is 451 g/mol.